The van der Waals surface area contributed by atoms with Crippen molar-refractivity contribution in [3.63, 3.8) is 0 Å². The number of halogens is 1. The second-order valence-corrected chi connectivity index (χ2v) is 6.66. The molecular formula is C15H17ClN2O2S. The highest BCUT2D eigenvalue weighted by Gasteiger charge is 2.14. The van der Waals surface area contributed by atoms with E-state index in [1.165, 1.54) is 12.1 Å². The van der Waals surface area contributed by atoms with E-state index < -0.39 is 10.0 Å². The maximum Gasteiger partial charge on any atom is 0.261 e. The molecule has 0 saturated carbocycles. The average molecular weight is 325 g/mol. The van der Waals surface area contributed by atoms with Crippen molar-refractivity contribution < 1.29 is 8.42 Å². The quantitative estimate of drug-likeness (QED) is 0.857. The lowest BCUT2D eigenvalue weighted by Gasteiger charge is -2.10. The number of rotatable bonds is 6. The van der Waals surface area contributed by atoms with E-state index in [1.807, 2.05) is 25.1 Å². The largest absolute Gasteiger partial charge is 0.313 e. The van der Waals surface area contributed by atoms with E-state index in [9.17, 15) is 8.42 Å². The molecule has 0 bridgehead atoms. The third-order valence-corrected chi connectivity index (χ3v) is 4.48. The molecular weight excluding hydrogens is 308 g/mol. The lowest BCUT2D eigenvalue weighted by molar-refractivity contribution is 0.601. The number of anilines is 1. The van der Waals surface area contributed by atoms with E-state index in [0.717, 1.165) is 12.1 Å². The maximum atomic E-state index is 12.3. The van der Waals surface area contributed by atoms with Gasteiger partial charge in [0.1, 0.15) is 0 Å². The standard InChI is InChI=1S/C15H17ClN2O2S/c1-2-17-11-12-5-3-7-14(9-12)18-21(19,20)15-8-4-6-13(16)10-15/h3-10,17-18H,2,11H2,1H3. The lowest BCUT2D eigenvalue weighted by atomic mass is 10.2. The predicted octanol–water partition coefficient (Wildman–Crippen LogP) is 3.25. The Morgan fingerprint density at radius 3 is 2.57 bits per heavy atom. The number of hydrogen-bond acceptors (Lipinski definition) is 3. The Hall–Kier alpha value is -1.56. The Labute approximate surface area is 130 Å². The molecule has 2 aromatic carbocycles. The van der Waals surface area contributed by atoms with Crippen LogP contribution >= 0.6 is 11.6 Å². The Morgan fingerprint density at radius 1 is 1.10 bits per heavy atom. The van der Waals surface area contributed by atoms with Gasteiger partial charge >= 0.3 is 0 Å². The molecule has 0 spiro atoms. The van der Waals surface area contributed by atoms with E-state index in [4.69, 9.17) is 11.6 Å². The van der Waals surface area contributed by atoms with Gasteiger partial charge in [0.15, 0.2) is 0 Å². The van der Waals surface area contributed by atoms with Gasteiger partial charge in [0.05, 0.1) is 4.90 Å². The van der Waals surface area contributed by atoms with Gasteiger partial charge in [0, 0.05) is 17.3 Å². The topological polar surface area (TPSA) is 58.2 Å². The van der Waals surface area contributed by atoms with Crippen molar-refractivity contribution >= 4 is 27.3 Å². The van der Waals surface area contributed by atoms with Crippen LogP contribution in [0.2, 0.25) is 5.02 Å². The molecule has 2 aromatic rings. The lowest BCUT2D eigenvalue weighted by Crippen LogP contribution is -2.14. The molecule has 0 aliphatic heterocycles. The van der Waals surface area contributed by atoms with Gasteiger partial charge in [-0.3, -0.25) is 4.72 Å². The van der Waals surface area contributed by atoms with Crippen molar-refractivity contribution in [1.29, 1.82) is 0 Å². The summed E-state index contributed by atoms with van der Waals surface area (Å²) in [7, 11) is -3.63. The summed E-state index contributed by atoms with van der Waals surface area (Å²) in [6.45, 7) is 3.58. The molecule has 0 aromatic heterocycles. The van der Waals surface area contributed by atoms with Crippen molar-refractivity contribution in [3.8, 4) is 0 Å². The molecule has 112 valence electrons. The molecule has 0 unspecified atom stereocenters. The minimum absolute atomic E-state index is 0.145. The number of sulfonamides is 1. The third-order valence-electron chi connectivity index (χ3n) is 2.86. The fraction of sp³-hybridized carbons (Fsp3) is 0.200. The van der Waals surface area contributed by atoms with Crippen LogP contribution in [0.3, 0.4) is 0 Å². The minimum atomic E-state index is -3.63. The Morgan fingerprint density at radius 2 is 1.86 bits per heavy atom. The number of hydrogen-bond donors (Lipinski definition) is 2. The van der Waals surface area contributed by atoms with Crippen LogP contribution in [-0.4, -0.2) is 15.0 Å². The SMILES string of the molecule is CCNCc1cccc(NS(=O)(=O)c2cccc(Cl)c2)c1. The first kappa shape index (κ1) is 15.8. The molecule has 0 aliphatic carbocycles. The summed E-state index contributed by atoms with van der Waals surface area (Å²) in [4.78, 5) is 0.145. The van der Waals surface area contributed by atoms with E-state index in [0.29, 0.717) is 17.3 Å². The van der Waals surface area contributed by atoms with Gasteiger partial charge in [-0.05, 0) is 42.4 Å². The van der Waals surface area contributed by atoms with Crippen molar-refractivity contribution in [2.45, 2.75) is 18.4 Å². The average Bonchev–Trinajstić information content (AvgIpc) is 2.45. The van der Waals surface area contributed by atoms with Crippen LogP contribution in [0, 0.1) is 0 Å². The molecule has 6 heteroatoms. The summed E-state index contributed by atoms with van der Waals surface area (Å²) in [6, 6.07) is 13.5. The monoisotopic (exact) mass is 324 g/mol. The molecule has 0 fully saturated rings. The molecule has 2 N–H and O–H groups in total. The second-order valence-electron chi connectivity index (χ2n) is 4.54. The van der Waals surface area contributed by atoms with Crippen molar-refractivity contribution in [2.75, 3.05) is 11.3 Å². The number of benzene rings is 2. The van der Waals surface area contributed by atoms with E-state index in [1.54, 1.807) is 18.2 Å². The summed E-state index contributed by atoms with van der Waals surface area (Å²) < 4.78 is 27.2. The summed E-state index contributed by atoms with van der Waals surface area (Å²) >= 11 is 5.84. The summed E-state index contributed by atoms with van der Waals surface area (Å²) in [5, 5.41) is 3.59. The van der Waals surface area contributed by atoms with E-state index >= 15 is 0 Å². The van der Waals surface area contributed by atoms with Crippen LogP contribution in [0.25, 0.3) is 0 Å². The van der Waals surface area contributed by atoms with Gasteiger partial charge in [0.25, 0.3) is 10.0 Å². The highest BCUT2D eigenvalue weighted by atomic mass is 35.5. The normalized spacial score (nSPS) is 11.3. The molecule has 0 radical (unpaired) electrons. The van der Waals surface area contributed by atoms with Crippen LogP contribution in [0.4, 0.5) is 5.69 Å². The highest BCUT2D eigenvalue weighted by Crippen LogP contribution is 2.19. The van der Waals surface area contributed by atoms with Crippen LogP contribution in [-0.2, 0) is 16.6 Å². The zero-order valence-electron chi connectivity index (χ0n) is 11.6. The second kappa shape index (κ2) is 6.93. The fourth-order valence-corrected chi connectivity index (χ4v) is 3.21. The maximum absolute atomic E-state index is 12.3. The number of nitrogens with one attached hydrogen (secondary N) is 2. The van der Waals surface area contributed by atoms with Gasteiger partial charge in [-0.1, -0.05) is 36.7 Å². The van der Waals surface area contributed by atoms with Crippen LogP contribution in [0.15, 0.2) is 53.4 Å². The Kier molecular flexibility index (Phi) is 5.22. The van der Waals surface area contributed by atoms with Crippen LogP contribution in [0.1, 0.15) is 12.5 Å². The molecule has 0 amide bonds. The molecule has 0 saturated heterocycles. The van der Waals surface area contributed by atoms with Gasteiger partial charge in [-0.25, -0.2) is 8.42 Å². The van der Waals surface area contributed by atoms with Crippen molar-refractivity contribution in [2.24, 2.45) is 0 Å². The highest BCUT2D eigenvalue weighted by molar-refractivity contribution is 7.92. The molecule has 0 atom stereocenters. The zero-order valence-corrected chi connectivity index (χ0v) is 13.2. The predicted molar refractivity (Wildman–Crippen MR) is 86.1 cm³/mol. The summed E-state index contributed by atoms with van der Waals surface area (Å²) in [6.07, 6.45) is 0. The first-order valence-corrected chi connectivity index (χ1v) is 8.45. The Balaban J connectivity index is 2.20. The smallest absolute Gasteiger partial charge is 0.261 e. The fourth-order valence-electron chi connectivity index (χ4n) is 1.86. The first-order chi connectivity index (χ1) is 10.0. The zero-order chi connectivity index (χ0) is 15.3. The van der Waals surface area contributed by atoms with Crippen molar-refractivity contribution in [1.82, 2.24) is 5.32 Å². The van der Waals surface area contributed by atoms with E-state index in [-0.39, 0.29) is 4.90 Å². The van der Waals surface area contributed by atoms with Gasteiger partial charge < -0.3 is 5.32 Å². The molecule has 0 heterocycles. The van der Waals surface area contributed by atoms with Crippen molar-refractivity contribution in [3.05, 3.63) is 59.1 Å². The molecule has 0 aliphatic rings. The molecule has 2 rings (SSSR count). The van der Waals surface area contributed by atoms with Crippen LogP contribution < -0.4 is 10.0 Å². The first-order valence-electron chi connectivity index (χ1n) is 6.59. The van der Waals surface area contributed by atoms with Gasteiger partial charge in [0.2, 0.25) is 0 Å². The Bertz CT molecular complexity index is 717. The molecule has 4 nitrogen and oxygen atoms in total. The minimum Gasteiger partial charge on any atom is -0.313 e. The third kappa shape index (κ3) is 4.46. The van der Waals surface area contributed by atoms with Crippen LogP contribution in [0.5, 0.6) is 0 Å². The van der Waals surface area contributed by atoms with E-state index in [2.05, 4.69) is 10.0 Å². The van der Waals surface area contributed by atoms with Gasteiger partial charge in [-0.2, -0.15) is 0 Å². The summed E-state index contributed by atoms with van der Waals surface area (Å²) in [5.41, 5.74) is 1.55. The molecule has 21 heavy (non-hydrogen) atoms. The van der Waals surface area contributed by atoms with Gasteiger partial charge in [-0.15, -0.1) is 0 Å². The summed E-state index contributed by atoms with van der Waals surface area (Å²) in [5.74, 6) is 0.